The predicted octanol–water partition coefficient (Wildman–Crippen LogP) is 3.19. The molecule has 17 heavy (non-hydrogen) atoms. The molecule has 1 aromatic rings. The lowest BCUT2D eigenvalue weighted by Gasteiger charge is -2.09. The molecular formula is C14H20O3. The molecule has 0 spiro atoms. The van der Waals surface area contributed by atoms with Gasteiger partial charge in [-0.05, 0) is 37.0 Å². The first kappa shape index (κ1) is 13.6. The van der Waals surface area contributed by atoms with E-state index in [9.17, 15) is 4.79 Å². The van der Waals surface area contributed by atoms with Gasteiger partial charge in [0.05, 0.1) is 0 Å². The van der Waals surface area contributed by atoms with Crippen molar-refractivity contribution in [3.05, 3.63) is 29.3 Å². The molecule has 0 amide bonds. The highest BCUT2D eigenvalue weighted by molar-refractivity contribution is 5.68. The van der Waals surface area contributed by atoms with Crippen LogP contribution in [0, 0.1) is 6.92 Å². The van der Waals surface area contributed by atoms with Crippen LogP contribution in [0.1, 0.15) is 37.3 Å². The first-order chi connectivity index (χ1) is 8.13. The van der Waals surface area contributed by atoms with Crippen molar-refractivity contribution in [2.75, 3.05) is 6.61 Å². The monoisotopic (exact) mass is 236 g/mol. The average Bonchev–Trinajstić information content (AvgIpc) is 2.28. The summed E-state index contributed by atoms with van der Waals surface area (Å²) in [6.45, 7) is 3.85. The van der Waals surface area contributed by atoms with Gasteiger partial charge in [0.1, 0.15) is 5.75 Å². The summed E-state index contributed by atoms with van der Waals surface area (Å²) in [6.07, 6.45) is 4.74. The Morgan fingerprint density at radius 1 is 1.35 bits per heavy atom. The second-order valence-corrected chi connectivity index (χ2v) is 4.24. The average molecular weight is 236 g/mol. The van der Waals surface area contributed by atoms with E-state index in [1.54, 1.807) is 0 Å². The molecule has 0 bridgehead atoms. The molecule has 0 heterocycles. The molecule has 0 fully saturated rings. The number of unbranched alkanes of at least 4 members (excludes halogenated alkanes) is 2. The minimum Gasteiger partial charge on any atom is -0.482 e. The summed E-state index contributed by atoms with van der Waals surface area (Å²) < 4.78 is 5.18. The summed E-state index contributed by atoms with van der Waals surface area (Å²) in [5.74, 6) is -0.289. The second kappa shape index (κ2) is 6.94. The molecule has 0 saturated heterocycles. The highest BCUT2D eigenvalue weighted by Crippen LogP contribution is 2.20. The fourth-order valence-electron chi connectivity index (χ4n) is 1.75. The van der Waals surface area contributed by atoms with Crippen molar-refractivity contribution in [1.82, 2.24) is 0 Å². The number of hydrogen-bond donors (Lipinski definition) is 1. The largest absolute Gasteiger partial charge is 0.482 e. The normalized spacial score (nSPS) is 10.2. The van der Waals surface area contributed by atoms with Gasteiger partial charge in [-0.2, -0.15) is 0 Å². The van der Waals surface area contributed by atoms with Gasteiger partial charge in [0.25, 0.3) is 0 Å². The molecule has 0 aliphatic rings. The van der Waals surface area contributed by atoms with E-state index in [4.69, 9.17) is 9.84 Å². The lowest BCUT2D eigenvalue weighted by molar-refractivity contribution is -0.139. The Labute approximate surface area is 102 Å². The standard InChI is InChI=1S/C14H20O3/c1-3-4-5-6-12-7-8-13(11(2)9-12)17-10-14(15)16/h7-9H,3-6,10H2,1-2H3,(H,15,16). The van der Waals surface area contributed by atoms with E-state index in [-0.39, 0.29) is 6.61 Å². The minimum atomic E-state index is -0.948. The van der Waals surface area contributed by atoms with Gasteiger partial charge >= 0.3 is 5.97 Å². The third-order valence-corrected chi connectivity index (χ3v) is 2.66. The van der Waals surface area contributed by atoms with Crippen LogP contribution in [0.5, 0.6) is 5.75 Å². The molecule has 94 valence electrons. The Bertz CT molecular complexity index is 372. The molecular weight excluding hydrogens is 216 g/mol. The SMILES string of the molecule is CCCCCc1ccc(OCC(=O)O)c(C)c1. The van der Waals surface area contributed by atoms with Crippen LogP contribution in [-0.2, 0) is 11.2 Å². The Morgan fingerprint density at radius 3 is 2.71 bits per heavy atom. The third kappa shape index (κ3) is 4.89. The number of benzene rings is 1. The van der Waals surface area contributed by atoms with E-state index >= 15 is 0 Å². The maximum Gasteiger partial charge on any atom is 0.341 e. The van der Waals surface area contributed by atoms with Gasteiger partial charge in [-0.3, -0.25) is 0 Å². The number of aryl methyl sites for hydroxylation is 2. The molecule has 1 aromatic carbocycles. The van der Waals surface area contributed by atoms with E-state index in [0.717, 1.165) is 12.0 Å². The van der Waals surface area contributed by atoms with Crippen LogP contribution < -0.4 is 4.74 Å². The summed E-state index contributed by atoms with van der Waals surface area (Å²) in [5.41, 5.74) is 2.29. The van der Waals surface area contributed by atoms with Gasteiger partial charge in [-0.15, -0.1) is 0 Å². The van der Waals surface area contributed by atoms with Gasteiger partial charge < -0.3 is 9.84 Å². The Hall–Kier alpha value is -1.51. The highest BCUT2D eigenvalue weighted by atomic mass is 16.5. The Kier molecular flexibility index (Phi) is 5.53. The molecule has 0 atom stereocenters. The zero-order valence-corrected chi connectivity index (χ0v) is 10.5. The van der Waals surface area contributed by atoms with Gasteiger partial charge in [-0.1, -0.05) is 31.9 Å². The zero-order chi connectivity index (χ0) is 12.7. The van der Waals surface area contributed by atoms with Crippen LogP contribution in [0.3, 0.4) is 0 Å². The fraction of sp³-hybridized carbons (Fsp3) is 0.500. The molecule has 0 radical (unpaired) electrons. The quantitative estimate of drug-likeness (QED) is 0.739. The zero-order valence-electron chi connectivity index (χ0n) is 10.5. The van der Waals surface area contributed by atoms with Crippen molar-refractivity contribution in [1.29, 1.82) is 0 Å². The van der Waals surface area contributed by atoms with Crippen molar-refractivity contribution in [2.24, 2.45) is 0 Å². The number of carboxylic acid groups (broad SMARTS) is 1. The number of hydrogen-bond acceptors (Lipinski definition) is 2. The van der Waals surface area contributed by atoms with Crippen LogP contribution in [-0.4, -0.2) is 17.7 Å². The van der Waals surface area contributed by atoms with E-state index in [0.29, 0.717) is 5.75 Å². The maximum atomic E-state index is 10.4. The molecule has 3 nitrogen and oxygen atoms in total. The number of carbonyl (C=O) groups is 1. The van der Waals surface area contributed by atoms with Gasteiger partial charge in [0, 0.05) is 0 Å². The van der Waals surface area contributed by atoms with Gasteiger partial charge in [0.2, 0.25) is 0 Å². The number of aliphatic carboxylic acids is 1. The van der Waals surface area contributed by atoms with Crippen LogP contribution >= 0.6 is 0 Å². The molecule has 3 heteroatoms. The molecule has 0 aliphatic heterocycles. The maximum absolute atomic E-state index is 10.4. The fourth-order valence-corrected chi connectivity index (χ4v) is 1.75. The lowest BCUT2D eigenvalue weighted by atomic mass is 10.0. The van der Waals surface area contributed by atoms with Crippen molar-refractivity contribution < 1.29 is 14.6 Å². The molecule has 0 unspecified atom stereocenters. The van der Waals surface area contributed by atoms with Crippen LogP contribution in [0.15, 0.2) is 18.2 Å². The van der Waals surface area contributed by atoms with Crippen LogP contribution in [0.4, 0.5) is 0 Å². The summed E-state index contributed by atoms with van der Waals surface area (Å²) in [5, 5.41) is 8.54. The number of ether oxygens (including phenoxy) is 1. The van der Waals surface area contributed by atoms with Gasteiger partial charge in [-0.25, -0.2) is 4.79 Å². The number of carboxylic acids is 1. The molecule has 1 N–H and O–H groups in total. The van der Waals surface area contributed by atoms with E-state index in [2.05, 4.69) is 13.0 Å². The van der Waals surface area contributed by atoms with Crippen molar-refractivity contribution in [3.63, 3.8) is 0 Å². The summed E-state index contributed by atoms with van der Waals surface area (Å²) >= 11 is 0. The van der Waals surface area contributed by atoms with Crippen molar-refractivity contribution >= 4 is 5.97 Å². The topological polar surface area (TPSA) is 46.5 Å². The lowest BCUT2D eigenvalue weighted by Crippen LogP contribution is -2.10. The second-order valence-electron chi connectivity index (χ2n) is 4.24. The van der Waals surface area contributed by atoms with E-state index < -0.39 is 5.97 Å². The summed E-state index contributed by atoms with van der Waals surface area (Å²) in [4.78, 5) is 10.4. The van der Waals surface area contributed by atoms with Crippen molar-refractivity contribution in [2.45, 2.75) is 39.5 Å². The van der Waals surface area contributed by atoms with Crippen LogP contribution in [0.25, 0.3) is 0 Å². The smallest absolute Gasteiger partial charge is 0.341 e. The summed E-state index contributed by atoms with van der Waals surface area (Å²) in [7, 11) is 0. The van der Waals surface area contributed by atoms with Gasteiger partial charge in [0.15, 0.2) is 6.61 Å². The van der Waals surface area contributed by atoms with E-state index in [1.807, 2.05) is 19.1 Å². The molecule has 0 aliphatic carbocycles. The summed E-state index contributed by atoms with van der Waals surface area (Å²) in [6, 6.07) is 5.95. The third-order valence-electron chi connectivity index (χ3n) is 2.66. The van der Waals surface area contributed by atoms with E-state index in [1.165, 1.54) is 24.8 Å². The molecule has 0 saturated carbocycles. The highest BCUT2D eigenvalue weighted by Gasteiger charge is 2.03. The first-order valence-corrected chi connectivity index (χ1v) is 6.07. The predicted molar refractivity (Wildman–Crippen MR) is 67.5 cm³/mol. The van der Waals surface area contributed by atoms with Crippen molar-refractivity contribution in [3.8, 4) is 5.75 Å². The number of rotatable bonds is 7. The minimum absolute atomic E-state index is 0.282. The Balaban J connectivity index is 2.56. The molecule has 1 rings (SSSR count). The Morgan fingerprint density at radius 2 is 2.12 bits per heavy atom. The molecule has 0 aromatic heterocycles. The van der Waals surface area contributed by atoms with Crippen LogP contribution in [0.2, 0.25) is 0 Å². The first-order valence-electron chi connectivity index (χ1n) is 6.07.